The van der Waals surface area contributed by atoms with Crippen LogP contribution in [0.5, 0.6) is 5.75 Å². The number of amides is 1. The Labute approximate surface area is 128 Å². The van der Waals surface area contributed by atoms with Gasteiger partial charge in [-0.25, -0.2) is 0 Å². The van der Waals surface area contributed by atoms with Crippen molar-refractivity contribution < 1.29 is 14.6 Å². The van der Waals surface area contributed by atoms with Crippen molar-refractivity contribution in [3.05, 3.63) is 65.2 Å². The molecule has 2 N–H and O–H groups in total. The molecular weight excluding hydrogens is 280 g/mol. The van der Waals surface area contributed by atoms with Crippen molar-refractivity contribution in [2.75, 3.05) is 13.2 Å². The first-order chi connectivity index (χ1) is 10.7. The molecule has 2 aromatic rings. The van der Waals surface area contributed by atoms with Crippen molar-refractivity contribution in [2.24, 2.45) is 0 Å². The lowest BCUT2D eigenvalue weighted by Crippen LogP contribution is -2.26. The number of benzene rings is 2. The van der Waals surface area contributed by atoms with Crippen LogP contribution < -0.4 is 10.1 Å². The summed E-state index contributed by atoms with van der Waals surface area (Å²) in [6.07, 6.45) is 0. The second kappa shape index (κ2) is 7.81. The van der Waals surface area contributed by atoms with Crippen LogP contribution in [0, 0.1) is 11.3 Å². The molecule has 0 saturated heterocycles. The molecule has 0 fully saturated rings. The minimum atomic E-state index is -0.267. The molecule has 0 radical (unpaired) electrons. The fraction of sp³-hybridized carbons (Fsp3) is 0.176. The van der Waals surface area contributed by atoms with Crippen molar-refractivity contribution in [3.8, 4) is 11.8 Å². The highest BCUT2D eigenvalue weighted by atomic mass is 16.5. The minimum Gasteiger partial charge on any atom is -0.489 e. The standard InChI is InChI=1S/C17H16N2O3/c18-11-14-4-1-2-5-15(14)12-22-16-7-3-6-13(10-16)17(21)19-8-9-20/h1-7,10,20H,8-9,12H2,(H,19,21). The van der Waals surface area contributed by atoms with Gasteiger partial charge in [0.05, 0.1) is 18.2 Å². The highest BCUT2D eigenvalue weighted by molar-refractivity contribution is 5.94. The molecular formula is C17H16N2O3. The van der Waals surface area contributed by atoms with Gasteiger partial charge in [0.15, 0.2) is 0 Å². The maximum atomic E-state index is 11.8. The van der Waals surface area contributed by atoms with Crippen LogP contribution in [0.25, 0.3) is 0 Å². The van der Waals surface area contributed by atoms with Crippen LogP contribution in [-0.4, -0.2) is 24.2 Å². The van der Waals surface area contributed by atoms with E-state index in [4.69, 9.17) is 15.1 Å². The summed E-state index contributed by atoms with van der Waals surface area (Å²) >= 11 is 0. The molecule has 0 atom stereocenters. The second-order valence-corrected chi connectivity index (χ2v) is 4.56. The van der Waals surface area contributed by atoms with E-state index in [1.54, 1.807) is 36.4 Å². The van der Waals surface area contributed by atoms with Crippen LogP contribution in [0.4, 0.5) is 0 Å². The molecule has 22 heavy (non-hydrogen) atoms. The lowest BCUT2D eigenvalue weighted by atomic mass is 10.1. The summed E-state index contributed by atoms with van der Waals surface area (Å²) in [7, 11) is 0. The Morgan fingerprint density at radius 3 is 2.82 bits per heavy atom. The molecule has 0 spiro atoms. The maximum absolute atomic E-state index is 11.8. The summed E-state index contributed by atoms with van der Waals surface area (Å²) in [4.78, 5) is 11.8. The first-order valence-electron chi connectivity index (χ1n) is 6.84. The Bertz CT molecular complexity index is 692. The molecule has 5 heteroatoms. The molecule has 0 heterocycles. The quantitative estimate of drug-likeness (QED) is 0.852. The Balaban J connectivity index is 2.05. The van der Waals surface area contributed by atoms with Crippen LogP contribution in [0.3, 0.4) is 0 Å². The van der Waals surface area contributed by atoms with Crippen LogP contribution in [0.2, 0.25) is 0 Å². The third kappa shape index (κ3) is 4.08. The van der Waals surface area contributed by atoms with Gasteiger partial charge in [0.1, 0.15) is 12.4 Å². The molecule has 2 aromatic carbocycles. The van der Waals surface area contributed by atoms with E-state index in [1.165, 1.54) is 0 Å². The number of nitrogens with one attached hydrogen (secondary N) is 1. The summed E-state index contributed by atoms with van der Waals surface area (Å²) in [5.41, 5.74) is 1.82. The van der Waals surface area contributed by atoms with Gasteiger partial charge in [-0.05, 0) is 24.3 Å². The lowest BCUT2D eigenvalue weighted by Gasteiger charge is -2.09. The maximum Gasteiger partial charge on any atom is 0.251 e. The summed E-state index contributed by atoms with van der Waals surface area (Å²) < 4.78 is 5.65. The fourth-order valence-electron chi connectivity index (χ4n) is 1.91. The predicted molar refractivity (Wildman–Crippen MR) is 81.4 cm³/mol. The van der Waals surface area contributed by atoms with Gasteiger partial charge in [-0.15, -0.1) is 0 Å². The zero-order valence-electron chi connectivity index (χ0n) is 12.0. The van der Waals surface area contributed by atoms with Crippen molar-refractivity contribution in [1.29, 1.82) is 5.26 Å². The van der Waals surface area contributed by atoms with Gasteiger partial charge in [-0.2, -0.15) is 5.26 Å². The number of carbonyl (C=O) groups is 1. The van der Waals surface area contributed by atoms with Crippen LogP contribution in [0.15, 0.2) is 48.5 Å². The Hall–Kier alpha value is -2.84. The smallest absolute Gasteiger partial charge is 0.251 e. The van der Waals surface area contributed by atoms with E-state index in [2.05, 4.69) is 11.4 Å². The Kier molecular flexibility index (Phi) is 5.52. The average Bonchev–Trinajstić information content (AvgIpc) is 2.58. The van der Waals surface area contributed by atoms with E-state index < -0.39 is 0 Å². The van der Waals surface area contributed by atoms with Gasteiger partial charge in [-0.3, -0.25) is 4.79 Å². The highest BCUT2D eigenvalue weighted by Crippen LogP contribution is 2.16. The van der Waals surface area contributed by atoms with Crippen LogP contribution in [0.1, 0.15) is 21.5 Å². The lowest BCUT2D eigenvalue weighted by molar-refractivity contribution is 0.0944. The number of rotatable bonds is 6. The molecule has 0 aliphatic rings. The third-order valence-electron chi connectivity index (χ3n) is 3.03. The van der Waals surface area contributed by atoms with Crippen molar-refractivity contribution in [2.45, 2.75) is 6.61 Å². The van der Waals surface area contributed by atoms with E-state index in [0.717, 1.165) is 5.56 Å². The zero-order chi connectivity index (χ0) is 15.8. The SMILES string of the molecule is N#Cc1ccccc1COc1cccc(C(=O)NCCO)c1. The Morgan fingerprint density at radius 2 is 2.05 bits per heavy atom. The number of nitrogens with zero attached hydrogens (tertiary/aromatic N) is 1. The Morgan fingerprint density at radius 1 is 1.23 bits per heavy atom. The topological polar surface area (TPSA) is 82.3 Å². The number of hydrogen-bond acceptors (Lipinski definition) is 4. The van der Waals surface area contributed by atoms with Gasteiger partial charge in [0, 0.05) is 17.7 Å². The first kappa shape index (κ1) is 15.5. The molecule has 0 aliphatic heterocycles. The van der Waals surface area contributed by atoms with Gasteiger partial charge in [0.2, 0.25) is 0 Å². The zero-order valence-corrected chi connectivity index (χ0v) is 12.0. The number of aliphatic hydroxyl groups is 1. The van der Waals surface area contributed by atoms with E-state index in [1.807, 2.05) is 12.1 Å². The largest absolute Gasteiger partial charge is 0.489 e. The van der Waals surface area contributed by atoms with E-state index >= 15 is 0 Å². The molecule has 0 aromatic heterocycles. The highest BCUT2D eigenvalue weighted by Gasteiger charge is 2.07. The van der Waals surface area contributed by atoms with Gasteiger partial charge in [-0.1, -0.05) is 24.3 Å². The number of hydrogen-bond donors (Lipinski definition) is 2. The summed E-state index contributed by atoms with van der Waals surface area (Å²) in [6, 6.07) is 16.1. The fourth-order valence-corrected chi connectivity index (χ4v) is 1.91. The summed E-state index contributed by atoms with van der Waals surface area (Å²) in [6.45, 7) is 0.359. The van der Waals surface area contributed by atoms with Gasteiger partial charge in [0.25, 0.3) is 5.91 Å². The van der Waals surface area contributed by atoms with Gasteiger partial charge < -0.3 is 15.2 Å². The molecule has 0 saturated carbocycles. The van der Waals surface area contributed by atoms with Crippen molar-refractivity contribution >= 4 is 5.91 Å². The summed E-state index contributed by atoms with van der Waals surface area (Å²) in [5.74, 6) is 0.279. The van der Waals surface area contributed by atoms with E-state index in [0.29, 0.717) is 16.9 Å². The van der Waals surface area contributed by atoms with Crippen LogP contribution in [-0.2, 0) is 6.61 Å². The van der Waals surface area contributed by atoms with Crippen molar-refractivity contribution in [1.82, 2.24) is 5.32 Å². The molecule has 0 aliphatic carbocycles. The van der Waals surface area contributed by atoms with Crippen molar-refractivity contribution in [3.63, 3.8) is 0 Å². The minimum absolute atomic E-state index is 0.104. The third-order valence-corrected chi connectivity index (χ3v) is 3.03. The monoisotopic (exact) mass is 296 g/mol. The molecule has 1 amide bonds. The number of aliphatic hydroxyl groups excluding tert-OH is 1. The molecule has 2 rings (SSSR count). The van der Waals surface area contributed by atoms with Crippen LogP contribution >= 0.6 is 0 Å². The van der Waals surface area contributed by atoms with E-state index in [9.17, 15) is 4.79 Å². The molecule has 0 bridgehead atoms. The first-order valence-corrected chi connectivity index (χ1v) is 6.84. The normalized spacial score (nSPS) is 9.82. The van der Waals surface area contributed by atoms with Gasteiger partial charge >= 0.3 is 0 Å². The molecule has 112 valence electrons. The number of ether oxygens (including phenoxy) is 1. The second-order valence-electron chi connectivity index (χ2n) is 4.56. The molecule has 5 nitrogen and oxygen atoms in total. The number of nitriles is 1. The molecule has 0 unspecified atom stereocenters. The predicted octanol–water partition coefficient (Wildman–Crippen LogP) is 1.86. The average molecular weight is 296 g/mol. The number of carbonyl (C=O) groups excluding carboxylic acids is 1. The summed E-state index contributed by atoms with van der Waals surface area (Å²) in [5, 5.41) is 20.3. The van der Waals surface area contributed by atoms with E-state index in [-0.39, 0.29) is 25.7 Å².